The number of carboxylic acid groups (broad SMARTS) is 1. The number of nitrogens with one attached hydrogen (secondary N) is 1. The Bertz CT molecular complexity index is 940. The van der Waals surface area contributed by atoms with Gasteiger partial charge in [-0.3, -0.25) is 14.4 Å². The minimum absolute atomic E-state index is 0.106. The minimum Gasteiger partial charge on any atom is -0.480 e. The van der Waals surface area contributed by atoms with E-state index >= 15 is 0 Å². The third-order valence-electron chi connectivity index (χ3n) is 8.23. The molecule has 39 heavy (non-hydrogen) atoms. The Labute approximate surface area is 232 Å². The fraction of sp³-hybridized carbons (Fsp3) is 0.733. The second-order valence-electron chi connectivity index (χ2n) is 11.8. The quantitative estimate of drug-likeness (QED) is 0.388. The molecule has 0 radical (unpaired) electrons. The van der Waals surface area contributed by atoms with Gasteiger partial charge in [0.15, 0.2) is 0 Å². The third-order valence-corrected chi connectivity index (χ3v) is 8.23. The number of nitriles is 1. The highest BCUT2D eigenvalue weighted by Gasteiger charge is 2.40. The summed E-state index contributed by atoms with van der Waals surface area (Å²) in [7, 11) is 0. The zero-order valence-corrected chi connectivity index (χ0v) is 23.7. The van der Waals surface area contributed by atoms with E-state index in [1.165, 1.54) is 0 Å². The van der Waals surface area contributed by atoms with Gasteiger partial charge in [0, 0.05) is 18.3 Å². The molecular weight excluding hydrogens is 500 g/mol. The maximum absolute atomic E-state index is 12.9. The minimum atomic E-state index is -1.13. The first-order valence-electron chi connectivity index (χ1n) is 14.2. The van der Waals surface area contributed by atoms with Gasteiger partial charge < -0.3 is 25.4 Å². The molecule has 0 aromatic heterocycles. The maximum atomic E-state index is 12.9. The number of cyclic esters (lactones) is 1. The monoisotopic (exact) mass is 546 g/mol. The third kappa shape index (κ3) is 10.4. The van der Waals surface area contributed by atoms with Crippen LogP contribution < -0.4 is 5.32 Å². The molecule has 0 bridgehead atoms. The Morgan fingerprint density at radius 2 is 1.74 bits per heavy atom. The topological polar surface area (TPSA) is 157 Å². The molecule has 1 aliphatic heterocycles. The van der Waals surface area contributed by atoms with Crippen molar-refractivity contribution in [2.75, 3.05) is 6.54 Å². The van der Waals surface area contributed by atoms with Crippen molar-refractivity contribution in [1.29, 1.82) is 5.26 Å². The summed E-state index contributed by atoms with van der Waals surface area (Å²) in [5.74, 6) is -2.45. The molecule has 1 aliphatic carbocycles. The van der Waals surface area contributed by atoms with Crippen molar-refractivity contribution >= 4 is 17.8 Å². The van der Waals surface area contributed by atoms with Crippen LogP contribution in [0.2, 0.25) is 0 Å². The predicted octanol–water partition coefficient (Wildman–Crippen LogP) is 3.75. The molecule has 218 valence electrons. The van der Waals surface area contributed by atoms with Crippen molar-refractivity contribution in [3.05, 3.63) is 23.8 Å². The molecule has 0 aromatic carbocycles. The largest absolute Gasteiger partial charge is 0.480 e. The first-order chi connectivity index (χ1) is 18.4. The van der Waals surface area contributed by atoms with Gasteiger partial charge in [0.05, 0.1) is 30.3 Å². The number of carbonyl (C=O) groups is 3. The summed E-state index contributed by atoms with van der Waals surface area (Å²) in [5, 5.41) is 42.6. The van der Waals surface area contributed by atoms with Crippen LogP contribution in [0.1, 0.15) is 79.1 Å². The van der Waals surface area contributed by atoms with Gasteiger partial charge in [-0.25, -0.2) is 0 Å². The van der Waals surface area contributed by atoms with Gasteiger partial charge in [-0.1, -0.05) is 46.3 Å². The number of aliphatic hydroxyl groups excluding tert-OH is 2. The summed E-state index contributed by atoms with van der Waals surface area (Å²) >= 11 is 0. The smallest absolute Gasteiger partial charge is 0.322 e. The standard InChI is InChI=1S/C30H46N2O7/c1-18-12-19(2)14-21(4)29(37)22(16-31)8-5-6-11-26(39-28(36)15-25(33)20(3)13-18)23-9-7-10-24(23)30(38)32-17-27(34)35/h5-6,8,18-21,23-26,29,33,37H,7,9-15,17H2,1-4H3,(H,32,38)(H,34,35)/b6-5+,22-8-/t18-,19+,20-,21-,23+,24+,25-,26-,29+/m0/s1. The average Bonchev–Trinajstić information content (AvgIpc) is 3.35. The van der Waals surface area contributed by atoms with Crippen LogP contribution in [0.15, 0.2) is 23.8 Å². The number of amides is 1. The molecule has 9 atom stereocenters. The number of aliphatic hydroxyl groups is 2. The molecule has 0 saturated heterocycles. The fourth-order valence-corrected chi connectivity index (χ4v) is 6.28. The fourth-order valence-electron chi connectivity index (χ4n) is 6.28. The van der Waals surface area contributed by atoms with Crippen LogP contribution in [0.4, 0.5) is 0 Å². The lowest BCUT2D eigenvalue weighted by atomic mass is 9.82. The molecule has 0 spiro atoms. The van der Waals surface area contributed by atoms with Gasteiger partial charge in [0.2, 0.25) is 5.91 Å². The molecule has 1 heterocycles. The zero-order chi connectivity index (χ0) is 29.1. The Kier molecular flexibility index (Phi) is 13.2. The molecule has 2 rings (SSSR count). The van der Waals surface area contributed by atoms with E-state index in [9.17, 15) is 29.9 Å². The van der Waals surface area contributed by atoms with Gasteiger partial charge in [0.1, 0.15) is 12.6 Å². The van der Waals surface area contributed by atoms with E-state index in [0.717, 1.165) is 25.7 Å². The lowest BCUT2D eigenvalue weighted by Gasteiger charge is -2.29. The highest BCUT2D eigenvalue weighted by atomic mass is 16.5. The van der Waals surface area contributed by atoms with E-state index in [1.807, 2.05) is 13.8 Å². The SMILES string of the molecule is C[C@@H]1C[C@H](C)C[C@H](C)[C@@H](O)CC(=O)O[C@H]([C@@H]2CCC[C@H]2C(=O)NCC(=O)O)C/C=C/C=C(/C#N)[C@H](O)[C@@H](C)C1. The summed E-state index contributed by atoms with van der Waals surface area (Å²) in [6, 6.07) is 2.10. The number of hydrogen-bond donors (Lipinski definition) is 4. The molecule has 9 heteroatoms. The van der Waals surface area contributed by atoms with Crippen molar-refractivity contribution in [3.8, 4) is 6.07 Å². The van der Waals surface area contributed by atoms with E-state index in [2.05, 4.69) is 25.2 Å². The normalized spacial score (nSPS) is 37.7. The van der Waals surface area contributed by atoms with Crippen LogP contribution in [0.3, 0.4) is 0 Å². The number of ether oxygens (including phenoxy) is 1. The summed E-state index contributed by atoms with van der Waals surface area (Å²) in [6.07, 6.45) is 7.06. The van der Waals surface area contributed by atoms with Crippen LogP contribution in [0, 0.1) is 46.8 Å². The number of hydrogen-bond acceptors (Lipinski definition) is 7. The molecule has 4 N–H and O–H groups in total. The number of carboxylic acids is 1. The number of aliphatic carboxylic acids is 1. The molecule has 2 aliphatic rings. The molecular formula is C30H46N2O7. The van der Waals surface area contributed by atoms with E-state index in [4.69, 9.17) is 9.84 Å². The Hall–Kier alpha value is -2.70. The number of allylic oxidation sites excluding steroid dienone is 2. The molecule has 1 fully saturated rings. The van der Waals surface area contributed by atoms with Gasteiger partial charge in [-0.05, 0) is 61.9 Å². The van der Waals surface area contributed by atoms with Gasteiger partial charge >= 0.3 is 11.9 Å². The number of carbonyl (C=O) groups excluding carboxylic acids is 2. The lowest BCUT2D eigenvalue weighted by Crippen LogP contribution is -2.40. The lowest BCUT2D eigenvalue weighted by molar-refractivity contribution is -0.156. The summed E-state index contributed by atoms with van der Waals surface area (Å²) < 4.78 is 5.86. The first-order valence-corrected chi connectivity index (χ1v) is 14.2. The number of nitrogens with zero attached hydrogens (tertiary/aromatic N) is 1. The Morgan fingerprint density at radius 1 is 1.08 bits per heavy atom. The second kappa shape index (κ2) is 15.8. The van der Waals surface area contributed by atoms with Crippen LogP contribution in [0.5, 0.6) is 0 Å². The maximum Gasteiger partial charge on any atom is 0.322 e. The highest BCUT2D eigenvalue weighted by molar-refractivity contribution is 5.83. The van der Waals surface area contributed by atoms with Gasteiger partial charge in [-0.2, -0.15) is 5.26 Å². The molecule has 1 saturated carbocycles. The van der Waals surface area contributed by atoms with Crippen LogP contribution in [-0.2, 0) is 19.1 Å². The van der Waals surface area contributed by atoms with Crippen molar-refractivity contribution < 1.29 is 34.4 Å². The van der Waals surface area contributed by atoms with Crippen LogP contribution in [0.25, 0.3) is 0 Å². The van der Waals surface area contributed by atoms with E-state index in [-0.39, 0.29) is 42.1 Å². The second-order valence-corrected chi connectivity index (χ2v) is 11.8. The molecule has 9 nitrogen and oxygen atoms in total. The van der Waals surface area contributed by atoms with Gasteiger partial charge in [-0.15, -0.1) is 0 Å². The van der Waals surface area contributed by atoms with Crippen LogP contribution in [-0.4, -0.2) is 58.0 Å². The Morgan fingerprint density at radius 3 is 2.38 bits per heavy atom. The molecule has 0 unspecified atom stereocenters. The van der Waals surface area contributed by atoms with E-state index in [0.29, 0.717) is 24.7 Å². The van der Waals surface area contributed by atoms with Crippen molar-refractivity contribution in [2.24, 2.45) is 35.5 Å². The number of rotatable bonds is 4. The first kappa shape index (κ1) is 32.5. The van der Waals surface area contributed by atoms with Crippen molar-refractivity contribution in [1.82, 2.24) is 5.32 Å². The predicted molar refractivity (Wildman–Crippen MR) is 146 cm³/mol. The molecule has 0 aromatic rings. The summed E-state index contributed by atoms with van der Waals surface area (Å²) in [6.45, 7) is 7.64. The zero-order valence-electron chi connectivity index (χ0n) is 23.7. The van der Waals surface area contributed by atoms with E-state index in [1.54, 1.807) is 18.2 Å². The van der Waals surface area contributed by atoms with Gasteiger partial charge in [0.25, 0.3) is 0 Å². The van der Waals surface area contributed by atoms with E-state index < -0.39 is 42.7 Å². The molecule has 1 amide bonds. The number of esters is 1. The highest BCUT2D eigenvalue weighted by Crippen LogP contribution is 2.37. The van der Waals surface area contributed by atoms with Crippen molar-refractivity contribution in [3.63, 3.8) is 0 Å². The average molecular weight is 547 g/mol. The summed E-state index contributed by atoms with van der Waals surface area (Å²) in [5.41, 5.74) is 0.261. The Balaban J connectivity index is 2.31. The van der Waals surface area contributed by atoms with Crippen molar-refractivity contribution in [2.45, 2.75) is 97.4 Å². The summed E-state index contributed by atoms with van der Waals surface area (Å²) in [4.78, 5) is 36.6. The van der Waals surface area contributed by atoms with Crippen LogP contribution >= 0.6 is 0 Å².